The molecule has 0 spiro atoms. The predicted octanol–water partition coefficient (Wildman–Crippen LogP) is 2.22. The number of aryl methyl sites for hydroxylation is 1. The van der Waals surface area contributed by atoms with Crippen LogP contribution in [0.5, 0.6) is 5.75 Å². The Hall–Kier alpha value is -1.16. The molecule has 1 unspecified atom stereocenters. The van der Waals surface area contributed by atoms with Crippen LogP contribution in [0.15, 0.2) is 23.1 Å². The van der Waals surface area contributed by atoms with Crippen LogP contribution in [0.25, 0.3) is 0 Å². The topological polar surface area (TPSA) is 35.5 Å². The first-order valence-electron chi connectivity index (χ1n) is 4.58. The minimum Gasteiger partial charge on any atom is -0.479 e. The molecule has 0 aliphatic rings. The second-order valence-electron chi connectivity index (χ2n) is 3.23. The molecule has 0 heterocycles. The summed E-state index contributed by atoms with van der Waals surface area (Å²) in [5.41, 5.74) is 0.943. The van der Waals surface area contributed by atoms with E-state index < -0.39 is 6.10 Å². The van der Waals surface area contributed by atoms with Crippen molar-refractivity contribution < 1.29 is 14.3 Å². The number of rotatable bonds is 3. The number of thiol groups is 1. The first-order valence-corrected chi connectivity index (χ1v) is 5.03. The third kappa shape index (κ3) is 3.16. The molecule has 0 N–H and O–H groups in total. The van der Waals surface area contributed by atoms with Crippen molar-refractivity contribution in [1.82, 2.24) is 0 Å². The Morgan fingerprint density at radius 3 is 2.67 bits per heavy atom. The van der Waals surface area contributed by atoms with E-state index in [9.17, 15) is 4.79 Å². The van der Waals surface area contributed by atoms with Gasteiger partial charge in [0.15, 0.2) is 6.10 Å². The van der Waals surface area contributed by atoms with Crippen LogP contribution in [0.2, 0.25) is 0 Å². The molecule has 82 valence electrons. The van der Waals surface area contributed by atoms with Crippen molar-refractivity contribution in [2.75, 3.05) is 7.11 Å². The summed E-state index contributed by atoms with van der Waals surface area (Å²) in [6.07, 6.45) is -0.598. The van der Waals surface area contributed by atoms with Gasteiger partial charge in [0.05, 0.1) is 7.11 Å². The molecule has 1 aromatic carbocycles. The predicted molar refractivity (Wildman–Crippen MR) is 60.5 cm³/mol. The molecule has 1 aromatic rings. The zero-order valence-corrected chi connectivity index (χ0v) is 9.88. The van der Waals surface area contributed by atoms with Gasteiger partial charge in [-0.05, 0) is 37.6 Å². The molecule has 0 bridgehead atoms. The van der Waals surface area contributed by atoms with Gasteiger partial charge in [-0.1, -0.05) is 0 Å². The zero-order valence-electron chi connectivity index (χ0n) is 8.98. The molecule has 0 aromatic heterocycles. The van der Waals surface area contributed by atoms with Gasteiger partial charge in [-0.2, -0.15) is 0 Å². The SMILES string of the molecule is COC(=O)C(C)Oc1ccc(S)cc1C. The number of hydrogen-bond acceptors (Lipinski definition) is 4. The van der Waals surface area contributed by atoms with E-state index in [4.69, 9.17) is 4.74 Å². The normalized spacial score (nSPS) is 12.0. The Kier molecular flexibility index (Phi) is 4.03. The van der Waals surface area contributed by atoms with Crippen molar-refractivity contribution >= 4 is 18.6 Å². The lowest BCUT2D eigenvalue weighted by molar-refractivity contribution is -0.147. The van der Waals surface area contributed by atoms with Crippen LogP contribution in [0.3, 0.4) is 0 Å². The smallest absolute Gasteiger partial charge is 0.346 e. The van der Waals surface area contributed by atoms with Gasteiger partial charge in [0, 0.05) is 4.90 Å². The van der Waals surface area contributed by atoms with Crippen LogP contribution in [0.4, 0.5) is 0 Å². The summed E-state index contributed by atoms with van der Waals surface area (Å²) in [7, 11) is 1.34. The van der Waals surface area contributed by atoms with E-state index in [1.807, 2.05) is 19.1 Å². The molecule has 4 heteroatoms. The molecule has 0 aliphatic heterocycles. The molecule has 1 rings (SSSR count). The summed E-state index contributed by atoms with van der Waals surface area (Å²) >= 11 is 4.20. The molecule has 0 aliphatic carbocycles. The second-order valence-corrected chi connectivity index (χ2v) is 3.75. The average molecular weight is 226 g/mol. The Labute approximate surface area is 94.8 Å². The van der Waals surface area contributed by atoms with Crippen molar-refractivity contribution in [2.24, 2.45) is 0 Å². The maximum absolute atomic E-state index is 11.1. The molecule has 0 amide bonds. The Bertz CT molecular complexity index is 363. The van der Waals surface area contributed by atoms with E-state index in [0.717, 1.165) is 10.5 Å². The first-order chi connectivity index (χ1) is 7.04. The van der Waals surface area contributed by atoms with Crippen LogP contribution in [0.1, 0.15) is 12.5 Å². The maximum Gasteiger partial charge on any atom is 0.346 e. The zero-order chi connectivity index (χ0) is 11.4. The third-order valence-electron chi connectivity index (χ3n) is 2.00. The molecule has 0 saturated carbocycles. The van der Waals surface area contributed by atoms with Crippen LogP contribution >= 0.6 is 12.6 Å². The highest BCUT2D eigenvalue weighted by atomic mass is 32.1. The molecule has 15 heavy (non-hydrogen) atoms. The fourth-order valence-corrected chi connectivity index (χ4v) is 1.44. The molecule has 1 atom stereocenters. The number of benzene rings is 1. The number of ether oxygens (including phenoxy) is 2. The molecule has 3 nitrogen and oxygen atoms in total. The quantitative estimate of drug-likeness (QED) is 0.634. The number of methoxy groups -OCH3 is 1. The molecule has 0 radical (unpaired) electrons. The second kappa shape index (κ2) is 5.07. The van der Waals surface area contributed by atoms with Crippen LogP contribution in [0, 0.1) is 6.92 Å². The fourth-order valence-electron chi connectivity index (χ4n) is 1.17. The van der Waals surface area contributed by atoms with Gasteiger partial charge in [-0.15, -0.1) is 12.6 Å². The van der Waals surface area contributed by atoms with Gasteiger partial charge in [0.1, 0.15) is 5.75 Å². The summed E-state index contributed by atoms with van der Waals surface area (Å²) in [6.45, 7) is 3.55. The minimum absolute atomic E-state index is 0.385. The minimum atomic E-state index is -0.598. The van der Waals surface area contributed by atoms with Gasteiger partial charge in [-0.3, -0.25) is 0 Å². The molecule has 0 fully saturated rings. The van der Waals surface area contributed by atoms with Crippen molar-refractivity contribution in [3.63, 3.8) is 0 Å². The summed E-state index contributed by atoms with van der Waals surface area (Å²) < 4.78 is 10.0. The van der Waals surface area contributed by atoms with Crippen molar-refractivity contribution in [3.05, 3.63) is 23.8 Å². The van der Waals surface area contributed by atoms with Gasteiger partial charge in [0.2, 0.25) is 0 Å². The monoisotopic (exact) mass is 226 g/mol. The van der Waals surface area contributed by atoms with Gasteiger partial charge in [0.25, 0.3) is 0 Å². The summed E-state index contributed by atoms with van der Waals surface area (Å²) in [5, 5.41) is 0. The van der Waals surface area contributed by atoms with Crippen LogP contribution in [-0.4, -0.2) is 19.2 Å². The summed E-state index contributed by atoms with van der Waals surface area (Å²) in [4.78, 5) is 12.0. The molecular formula is C11H14O3S. The fraction of sp³-hybridized carbons (Fsp3) is 0.364. The Balaban J connectivity index is 2.76. The van der Waals surface area contributed by atoms with Crippen LogP contribution in [-0.2, 0) is 9.53 Å². The average Bonchev–Trinajstić information content (AvgIpc) is 2.20. The van der Waals surface area contributed by atoms with E-state index in [-0.39, 0.29) is 5.97 Å². The Morgan fingerprint density at radius 2 is 2.13 bits per heavy atom. The lowest BCUT2D eigenvalue weighted by Gasteiger charge is -2.14. The first kappa shape index (κ1) is 11.9. The van der Waals surface area contributed by atoms with Gasteiger partial charge >= 0.3 is 5.97 Å². The van der Waals surface area contributed by atoms with E-state index in [2.05, 4.69) is 17.4 Å². The van der Waals surface area contributed by atoms with Gasteiger partial charge < -0.3 is 9.47 Å². The van der Waals surface area contributed by atoms with Crippen molar-refractivity contribution in [1.29, 1.82) is 0 Å². The lowest BCUT2D eigenvalue weighted by Crippen LogP contribution is -2.25. The number of carbonyl (C=O) groups is 1. The van der Waals surface area contributed by atoms with E-state index in [1.54, 1.807) is 13.0 Å². The van der Waals surface area contributed by atoms with Crippen molar-refractivity contribution in [3.8, 4) is 5.75 Å². The third-order valence-corrected chi connectivity index (χ3v) is 2.27. The largest absolute Gasteiger partial charge is 0.479 e. The number of esters is 1. The Morgan fingerprint density at radius 1 is 1.47 bits per heavy atom. The number of carbonyl (C=O) groups excluding carboxylic acids is 1. The van der Waals surface area contributed by atoms with E-state index >= 15 is 0 Å². The molecular weight excluding hydrogens is 212 g/mol. The summed E-state index contributed by atoms with van der Waals surface area (Å²) in [5.74, 6) is 0.287. The highest BCUT2D eigenvalue weighted by Gasteiger charge is 2.15. The van der Waals surface area contributed by atoms with Gasteiger partial charge in [-0.25, -0.2) is 4.79 Å². The standard InChI is InChI=1S/C11H14O3S/c1-7-6-9(15)4-5-10(7)14-8(2)11(12)13-3/h4-6,8,15H,1-3H3. The highest BCUT2D eigenvalue weighted by molar-refractivity contribution is 7.80. The van der Waals surface area contributed by atoms with Crippen LogP contribution < -0.4 is 4.74 Å². The summed E-state index contributed by atoms with van der Waals surface area (Å²) in [6, 6.07) is 5.48. The van der Waals surface area contributed by atoms with E-state index in [1.165, 1.54) is 7.11 Å². The number of hydrogen-bond donors (Lipinski definition) is 1. The van der Waals surface area contributed by atoms with Crippen molar-refractivity contribution in [2.45, 2.75) is 24.8 Å². The molecule has 0 saturated heterocycles. The van der Waals surface area contributed by atoms with E-state index in [0.29, 0.717) is 5.75 Å². The maximum atomic E-state index is 11.1. The highest BCUT2D eigenvalue weighted by Crippen LogP contribution is 2.22. The lowest BCUT2D eigenvalue weighted by atomic mass is 10.2.